The second-order valence-corrected chi connectivity index (χ2v) is 8.05. The summed E-state index contributed by atoms with van der Waals surface area (Å²) in [5, 5.41) is 22.0. The summed E-state index contributed by atoms with van der Waals surface area (Å²) in [5.41, 5.74) is 4.85. The molecule has 10 heteroatoms. The number of aromatic nitrogens is 6. The van der Waals surface area contributed by atoms with Gasteiger partial charge in [-0.25, -0.2) is 9.59 Å². The van der Waals surface area contributed by atoms with Crippen LogP contribution < -0.4 is 10.4 Å². The van der Waals surface area contributed by atoms with Gasteiger partial charge >= 0.3 is 11.7 Å². The van der Waals surface area contributed by atoms with Gasteiger partial charge in [0.1, 0.15) is 18.1 Å². The molecule has 0 saturated carbocycles. The van der Waals surface area contributed by atoms with E-state index in [1.807, 2.05) is 51.1 Å². The van der Waals surface area contributed by atoms with Gasteiger partial charge in [0, 0.05) is 30.3 Å². The Morgan fingerprint density at radius 3 is 2.38 bits per heavy atom. The predicted octanol–water partition coefficient (Wildman–Crippen LogP) is 3.05. The van der Waals surface area contributed by atoms with Crippen molar-refractivity contribution >= 4 is 5.97 Å². The summed E-state index contributed by atoms with van der Waals surface area (Å²) in [6.07, 6.45) is 0. The van der Waals surface area contributed by atoms with Gasteiger partial charge in [-0.3, -0.25) is 4.68 Å². The molecule has 176 valence electrons. The third-order valence-electron chi connectivity index (χ3n) is 5.85. The van der Waals surface area contributed by atoms with Crippen LogP contribution in [-0.2, 0) is 20.2 Å². The summed E-state index contributed by atoms with van der Waals surface area (Å²) in [5.74, 6) is -0.420. The van der Waals surface area contributed by atoms with E-state index in [4.69, 9.17) is 4.74 Å². The Bertz CT molecular complexity index is 1450. The zero-order chi connectivity index (χ0) is 24.6. The lowest BCUT2D eigenvalue weighted by atomic mass is 10.0. The number of rotatable bonds is 7. The Balaban J connectivity index is 1.78. The second-order valence-electron chi connectivity index (χ2n) is 8.05. The van der Waals surface area contributed by atoms with Crippen LogP contribution in [-0.4, -0.2) is 40.6 Å². The molecule has 0 bridgehead atoms. The molecule has 0 unspecified atom stereocenters. The van der Waals surface area contributed by atoms with Gasteiger partial charge in [0.25, 0.3) is 0 Å². The number of hydrogen-bond donors (Lipinski definition) is 1. The second kappa shape index (κ2) is 8.97. The van der Waals surface area contributed by atoms with Gasteiger partial charge in [0.05, 0.1) is 11.4 Å². The number of benzene rings is 2. The van der Waals surface area contributed by atoms with E-state index in [9.17, 15) is 14.7 Å². The van der Waals surface area contributed by atoms with Crippen LogP contribution in [0.1, 0.15) is 39.7 Å². The summed E-state index contributed by atoms with van der Waals surface area (Å²) < 4.78 is 10.2. The summed E-state index contributed by atoms with van der Waals surface area (Å²) in [4.78, 5) is 24.3. The minimum absolute atomic E-state index is 0.160. The van der Waals surface area contributed by atoms with E-state index in [0.29, 0.717) is 34.8 Å². The molecular weight excluding hydrogens is 436 g/mol. The molecule has 0 spiro atoms. The van der Waals surface area contributed by atoms with Crippen LogP contribution in [0.4, 0.5) is 0 Å². The predicted molar refractivity (Wildman–Crippen MR) is 125 cm³/mol. The molecule has 2 aromatic carbocycles. The summed E-state index contributed by atoms with van der Waals surface area (Å²) in [6, 6.07) is 11.3. The van der Waals surface area contributed by atoms with Gasteiger partial charge in [-0.2, -0.15) is 14.5 Å². The lowest BCUT2D eigenvalue weighted by Crippen LogP contribution is -2.23. The van der Waals surface area contributed by atoms with Gasteiger partial charge in [0.15, 0.2) is 0 Å². The number of ether oxygens (including phenoxy) is 1. The van der Waals surface area contributed by atoms with E-state index < -0.39 is 5.97 Å². The van der Waals surface area contributed by atoms with Crippen molar-refractivity contribution in [3.63, 3.8) is 0 Å². The SMILES string of the molecule is CCn1nc(-c2cccc(C)c2OCc2c(C)cccc2-n2nnn(C)c2=O)c(C)c1C(=O)O. The van der Waals surface area contributed by atoms with Crippen LogP contribution in [0.25, 0.3) is 16.9 Å². The highest BCUT2D eigenvalue weighted by Crippen LogP contribution is 2.36. The number of hydrogen-bond acceptors (Lipinski definition) is 6. The summed E-state index contributed by atoms with van der Waals surface area (Å²) >= 11 is 0. The van der Waals surface area contributed by atoms with Crippen molar-refractivity contribution in [3.05, 3.63) is 74.8 Å². The largest absolute Gasteiger partial charge is 0.488 e. The zero-order valence-electron chi connectivity index (χ0n) is 19.7. The molecule has 4 rings (SSSR count). The van der Waals surface area contributed by atoms with Gasteiger partial charge < -0.3 is 9.84 Å². The Morgan fingerprint density at radius 2 is 1.76 bits per heavy atom. The molecule has 10 nitrogen and oxygen atoms in total. The highest BCUT2D eigenvalue weighted by atomic mass is 16.5. The molecule has 0 atom stereocenters. The normalized spacial score (nSPS) is 11.1. The minimum Gasteiger partial charge on any atom is -0.488 e. The monoisotopic (exact) mass is 462 g/mol. The van der Waals surface area contributed by atoms with Crippen LogP contribution in [0.15, 0.2) is 41.2 Å². The maximum Gasteiger partial charge on any atom is 0.368 e. The van der Waals surface area contributed by atoms with E-state index in [1.165, 1.54) is 14.0 Å². The molecule has 0 saturated heterocycles. The lowest BCUT2D eigenvalue weighted by molar-refractivity contribution is 0.0682. The molecule has 0 amide bonds. The zero-order valence-corrected chi connectivity index (χ0v) is 19.7. The molecule has 0 aliphatic heterocycles. The average molecular weight is 463 g/mol. The van der Waals surface area contributed by atoms with Gasteiger partial charge in [-0.05, 0) is 61.4 Å². The van der Waals surface area contributed by atoms with E-state index in [-0.39, 0.29) is 18.0 Å². The van der Waals surface area contributed by atoms with E-state index in [0.717, 1.165) is 16.7 Å². The third kappa shape index (κ3) is 3.87. The molecule has 1 N–H and O–H groups in total. The molecule has 34 heavy (non-hydrogen) atoms. The highest BCUT2D eigenvalue weighted by molar-refractivity contribution is 5.90. The molecule has 2 heterocycles. The number of nitrogens with zero attached hydrogens (tertiary/aromatic N) is 6. The minimum atomic E-state index is -1.02. The van der Waals surface area contributed by atoms with Crippen molar-refractivity contribution in [2.24, 2.45) is 7.05 Å². The number of para-hydroxylation sites is 1. The number of aryl methyl sites for hydroxylation is 4. The van der Waals surface area contributed by atoms with Crippen molar-refractivity contribution in [2.75, 3.05) is 0 Å². The number of carbonyl (C=O) groups is 1. The average Bonchev–Trinajstić information content (AvgIpc) is 3.32. The first-order chi connectivity index (χ1) is 16.2. The first-order valence-corrected chi connectivity index (χ1v) is 10.9. The van der Waals surface area contributed by atoms with Crippen LogP contribution >= 0.6 is 0 Å². The molecule has 4 aromatic rings. The fourth-order valence-corrected chi connectivity index (χ4v) is 4.02. The maximum absolute atomic E-state index is 12.5. The topological polar surface area (TPSA) is 117 Å². The number of aromatic carboxylic acids is 1. The molecule has 0 fully saturated rings. The van der Waals surface area contributed by atoms with Crippen LogP contribution in [0.3, 0.4) is 0 Å². The Labute approximate surface area is 196 Å². The van der Waals surface area contributed by atoms with Crippen molar-refractivity contribution in [2.45, 2.75) is 40.8 Å². The lowest BCUT2D eigenvalue weighted by Gasteiger charge is -2.16. The number of carboxylic acid groups (broad SMARTS) is 1. The molecular formula is C24H26N6O4. The first-order valence-electron chi connectivity index (χ1n) is 10.9. The van der Waals surface area contributed by atoms with Crippen LogP contribution in [0.2, 0.25) is 0 Å². The van der Waals surface area contributed by atoms with Crippen molar-refractivity contribution in [3.8, 4) is 22.7 Å². The summed E-state index contributed by atoms with van der Waals surface area (Å²) in [7, 11) is 1.54. The molecule has 0 aliphatic rings. The molecule has 2 aromatic heterocycles. The van der Waals surface area contributed by atoms with Crippen molar-refractivity contribution in [1.29, 1.82) is 0 Å². The Morgan fingerprint density at radius 1 is 1.06 bits per heavy atom. The quantitative estimate of drug-likeness (QED) is 0.449. The smallest absolute Gasteiger partial charge is 0.368 e. The van der Waals surface area contributed by atoms with Crippen LogP contribution in [0, 0.1) is 20.8 Å². The third-order valence-corrected chi connectivity index (χ3v) is 5.85. The van der Waals surface area contributed by atoms with Crippen LogP contribution in [0.5, 0.6) is 5.75 Å². The van der Waals surface area contributed by atoms with Gasteiger partial charge in [0.2, 0.25) is 0 Å². The first kappa shape index (κ1) is 23.0. The highest BCUT2D eigenvalue weighted by Gasteiger charge is 2.23. The fourth-order valence-electron chi connectivity index (χ4n) is 4.02. The van der Waals surface area contributed by atoms with Gasteiger partial charge in [-0.15, -0.1) is 0 Å². The maximum atomic E-state index is 12.5. The van der Waals surface area contributed by atoms with Crippen molar-refractivity contribution in [1.82, 2.24) is 29.6 Å². The Kier molecular flexibility index (Phi) is 6.06. The Hall–Kier alpha value is -4.21. The summed E-state index contributed by atoms with van der Waals surface area (Å²) in [6.45, 7) is 8.07. The van der Waals surface area contributed by atoms with E-state index >= 15 is 0 Å². The van der Waals surface area contributed by atoms with E-state index in [2.05, 4.69) is 15.5 Å². The standard InChI is InChI=1S/C24H26N6O4/c1-6-29-21(23(31)32)16(4)20(25-29)17-11-7-10-15(3)22(17)34-13-18-14(2)9-8-12-19(18)30-24(33)28(5)26-27-30/h7-12H,6,13H2,1-5H3,(H,31,32). The number of carboxylic acids is 1. The number of tetrazole rings is 1. The van der Waals surface area contributed by atoms with Gasteiger partial charge in [-0.1, -0.05) is 24.3 Å². The molecule has 0 aliphatic carbocycles. The molecule has 0 radical (unpaired) electrons. The van der Waals surface area contributed by atoms with Crippen molar-refractivity contribution < 1.29 is 14.6 Å². The fraction of sp³-hybridized carbons (Fsp3) is 0.292. The van der Waals surface area contributed by atoms with E-state index in [1.54, 1.807) is 20.0 Å².